The van der Waals surface area contributed by atoms with E-state index in [0.29, 0.717) is 12.2 Å². The van der Waals surface area contributed by atoms with Gasteiger partial charge in [-0.3, -0.25) is 4.90 Å². The van der Waals surface area contributed by atoms with E-state index in [1.807, 2.05) is 19.9 Å². The first-order chi connectivity index (χ1) is 11.1. The lowest BCUT2D eigenvalue weighted by atomic mass is 10.1. The Morgan fingerprint density at radius 1 is 1.26 bits per heavy atom. The van der Waals surface area contributed by atoms with Gasteiger partial charge in [-0.25, -0.2) is 9.37 Å². The topological polar surface area (TPSA) is 56.3 Å². The van der Waals surface area contributed by atoms with Gasteiger partial charge in [0.25, 0.3) is 0 Å². The third-order valence-corrected chi connectivity index (χ3v) is 4.25. The van der Waals surface area contributed by atoms with Crippen LogP contribution in [-0.2, 0) is 6.54 Å². The highest BCUT2D eigenvalue weighted by Gasteiger charge is 2.22. The molecule has 0 amide bonds. The van der Waals surface area contributed by atoms with Crippen molar-refractivity contribution < 1.29 is 8.81 Å². The minimum atomic E-state index is -0.460. The zero-order valence-corrected chi connectivity index (χ0v) is 13.3. The van der Waals surface area contributed by atoms with E-state index in [2.05, 4.69) is 14.8 Å². The number of rotatable bonds is 3. The molecule has 0 atom stereocenters. The molecule has 1 aliphatic rings. The fourth-order valence-corrected chi connectivity index (χ4v) is 2.83. The van der Waals surface area contributed by atoms with E-state index in [9.17, 15) is 4.39 Å². The molecule has 2 heterocycles. The van der Waals surface area contributed by atoms with Crippen LogP contribution >= 0.6 is 0 Å². The number of nitriles is 1. The van der Waals surface area contributed by atoms with Gasteiger partial charge in [0.05, 0.1) is 17.9 Å². The van der Waals surface area contributed by atoms with Crippen LogP contribution in [0.5, 0.6) is 0 Å². The molecular formula is C17H19FN4O. The number of aryl methyl sites for hydroxylation is 2. The second-order valence-electron chi connectivity index (χ2n) is 5.76. The van der Waals surface area contributed by atoms with Crippen LogP contribution in [0, 0.1) is 31.0 Å². The van der Waals surface area contributed by atoms with E-state index in [0.717, 1.165) is 43.5 Å². The lowest BCUT2D eigenvalue weighted by Gasteiger charge is -2.35. The van der Waals surface area contributed by atoms with Crippen LogP contribution in [0.15, 0.2) is 22.6 Å². The normalized spacial score (nSPS) is 15.7. The summed E-state index contributed by atoms with van der Waals surface area (Å²) in [5.41, 5.74) is 1.73. The van der Waals surface area contributed by atoms with Gasteiger partial charge in [0, 0.05) is 26.2 Å². The maximum Gasteiger partial charge on any atom is 0.208 e. The summed E-state index contributed by atoms with van der Waals surface area (Å²) in [6.07, 6.45) is 0. The molecule has 2 aromatic rings. The Kier molecular flexibility index (Phi) is 4.30. The van der Waals surface area contributed by atoms with E-state index in [4.69, 9.17) is 9.68 Å². The van der Waals surface area contributed by atoms with Gasteiger partial charge in [-0.05, 0) is 26.0 Å². The number of nitrogens with zero attached hydrogens (tertiary/aromatic N) is 4. The summed E-state index contributed by atoms with van der Waals surface area (Å²) in [7, 11) is 0. The number of halogens is 1. The Labute approximate surface area is 134 Å². The smallest absolute Gasteiger partial charge is 0.208 e. The summed E-state index contributed by atoms with van der Waals surface area (Å²) in [5.74, 6) is 1.13. The molecule has 1 aliphatic heterocycles. The van der Waals surface area contributed by atoms with Crippen LogP contribution < -0.4 is 4.90 Å². The van der Waals surface area contributed by atoms with E-state index in [1.165, 1.54) is 6.07 Å². The highest BCUT2D eigenvalue weighted by atomic mass is 19.1. The van der Waals surface area contributed by atoms with Crippen molar-refractivity contribution in [1.82, 2.24) is 9.88 Å². The maximum atomic E-state index is 13.7. The van der Waals surface area contributed by atoms with Gasteiger partial charge >= 0.3 is 0 Å². The molecule has 0 aliphatic carbocycles. The number of oxazole rings is 1. The molecule has 0 bridgehead atoms. The molecule has 0 N–H and O–H groups in total. The zero-order chi connectivity index (χ0) is 16.4. The monoisotopic (exact) mass is 314 g/mol. The summed E-state index contributed by atoms with van der Waals surface area (Å²) in [5, 5.41) is 9.16. The highest BCUT2D eigenvalue weighted by molar-refractivity contribution is 5.60. The predicted octanol–water partition coefficient (Wildman–Crippen LogP) is 2.62. The van der Waals surface area contributed by atoms with Gasteiger partial charge in [0.2, 0.25) is 5.89 Å². The lowest BCUT2D eigenvalue weighted by Crippen LogP contribution is -2.46. The van der Waals surface area contributed by atoms with Gasteiger partial charge in [0.1, 0.15) is 23.2 Å². The summed E-state index contributed by atoms with van der Waals surface area (Å²) >= 11 is 0. The molecule has 0 spiro atoms. The first-order valence-corrected chi connectivity index (χ1v) is 7.67. The summed E-state index contributed by atoms with van der Waals surface area (Å²) < 4.78 is 19.4. The quantitative estimate of drug-likeness (QED) is 0.871. The first-order valence-electron chi connectivity index (χ1n) is 7.67. The summed E-state index contributed by atoms with van der Waals surface area (Å²) in [4.78, 5) is 8.72. The Bertz CT molecular complexity index is 722. The molecule has 6 heteroatoms. The molecule has 1 aromatic heterocycles. The molecule has 1 aromatic carbocycles. The van der Waals surface area contributed by atoms with Gasteiger partial charge in [-0.15, -0.1) is 0 Å². The van der Waals surface area contributed by atoms with Gasteiger partial charge in [-0.1, -0.05) is 6.07 Å². The van der Waals surface area contributed by atoms with E-state index in [1.54, 1.807) is 12.1 Å². The van der Waals surface area contributed by atoms with E-state index >= 15 is 0 Å². The Morgan fingerprint density at radius 2 is 2.00 bits per heavy atom. The average Bonchev–Trinajstić information content (AvgIpc) is 2.85. The van der Waals surface area contributed by atoms with Crippen LogP contribution in [-0.4, -0.2) is 36.1 Å². The van der Waals surface area contributed by atoms with Crippen LogP contribution in [0.2, 0.25) is 0 Å². The van der Waals surface area contributed by atoms with Crippen molar-refractivity contribution in [3.63, 3.8) is 0 Å². The number of anilines is 1. The molecule has 0 unspecified atom stereocenters. The van der Waals surface area contributed by atoms with Crippen molar-refractivity contribution >= 4 is 5.69 Å². The molecule has 120 valence electrons. The number of hydrogen-bond donors (Lipinski definition) is 0. The Balaban J connectivity index is 1.65. The molecular weight excluding hydrogens is 295 g/mol. The standard InChI is InChI=1S/C17H19FN4O/c1-12-13(2)23-17(20-12)11-21-6-8-22(9-7-21)16-5-3-4-15(18)14(16)10-19/h3-5H,6-9,11H2,1-2H3. The van der Waals surface area contributed by atoms with Gasteiger partial charge in [0.15, 0.2) is 0 Å². The highest BCUT2D eigenvalue weighted by Crippen LogP contribution is 2.24. The van der Waals surface area contributed by atoms with Crippen LogP contribution in [0.25, 0.3) is 0 Å². The van der Waals surface area contributed by atoms with Crippen LogP contribution in [0.1, 0.15) is 22.9 Å². The van der Waals surface area contributed by atoms with E-state index < -0.39 is 5.82 Å². The van der Waals surface area contributed by atoms with Crippen molar-refractivity contribution in [2.45, 2.75) is 20.4 Å². The molecule has 23 heavy (non-hydrogen) atoms. The molecule has 1 fully saturated rings. The van der Waals surface area contributed by atoms with Crippen molar-refractivity contribution in [2.24, 2.45) is 0 Å². The maximum absolute atomic E-state index is 13.7. The van der Waals surface area contributed by atoms with Gasteiger partial charge < -0.3 is 9.32 Å². The summed E-state index contributed by atoms with van der Waals surface area (Å²) in [6, 6.07) is 6.74. The Morgan fingerprint density at radius 3 is 2.61 bits per heavy atom. The van der Waals surface area contributed by atoms with Gasteiger partial charge in [-0.2, -0.15) is 5.26 Å². The SMILES string of the molecule is Cc1nc(CN2CCN(c3cccc(F)c3C#N)CC2)oc1C. The predicted molar refractivity (Wildman–Crippen MR) is 84.6 cm³/mol. The fourth-order valence-electron chi connectivity index (χ4n) is 2.83. The van der Waals surface area contributed by atoms with Crippen LogP contribution in [0.3, 0.4) is 0 Å². The summed E-state index contributed by atoms with van der Waals surface area (Å²) in [6.45, 7) is 7.67. The van der Waals surface area contributed by atoms with Crippen molar-refractivity contribution in [3.8, 4) is 6.07 Å². The van der Waals surface area contributed by atoms with Crippen molar-refractivity contribution in [2.75, 3.05) is 31.1 Å². The number of aromatic nitrogens is 1. The second kappa shape index (κ2) is 6.39. The molecule has 1 saturated heterocycles. The number of piperazine rings is 1. The zero-order valence-electron chi connectivity index (χ0n) is 13.3. The van der Waals surface area contributed by atoms with Crippen LogP contribution in [0.4, 0.5) is 10.1 Å². The second-order valence-corrected chi connectivity index (χ2v) is 5.76. The lowest BCUT2D eigenvalue weighted by molar-refractivity contribution is 0.225. The third kappa shape index (κ3) is 3.20. The third-order valence-electron chi connectivity index (χ3n) is 4.25. The largest absolute Gasteiger partial charge is 0.444 e. The molecule has 5 nitrogen and oxygen atoms in total. The molecule has 3 rings (SSSR count). The first kappa shape index (κ1) is 15.5. The molecule has 0 saturated carbocycles. The minimum Gasteiger partial charge on any atom is -0.444 e. The van der Waals surface area contributed by atoms with Crippen molar-refractivity contribution in [1.29, 1.82) is 5.26 Å². The minimum absolute atomic E-state index is 0.125. The number of hydrogen-bond acceptors (Lipinski definition) is 5. The number of benzene rings is 1. The average molecular weight is 314 g/mol. The van der Waals surface area contributed by atoms with E-state index in [-0.39, 0.29) is 5.56 Å². The van der Waals surface area contributed by atoms with Crippen molar-refractivity contribution in [3.05, 3.63) is 46.9 Å². The molecule has 0 radical (unpaired) electrons. The fraction of sp³-hybridized carbons (Fsp3) is 0.412. The Hall–Kier alpha value is -2.39.